The molecule has 0 atom stereocenters. The number of hydrogen-bond acceptors (Lipinski definition) is 1. The zero-order valence-electron chi connectivity index (χ0n) is 10.5. The number of nitrogens with zero attached hydrogens (tertiary/aromatic N) is 1. The van der Waals surface area contributed by atoms with Crippen molar-refractivity contribution in [1.29, 1.82) is 0 Å². The Balaban J connectivity index is 2.11. The van der Waals surface area contributed by atoms with Gasteiger partial charge in [-0.25, -0.2) is 0 Å². The molecule has 0 aliphatic carbocycles. The van der Waals surface area contributed by atoms with Crippen LogP contribution in [0.3, 0.4) is 0 Å². The van der Waals surface area contributed by atoms with Crippen LogP contribution in [0.4, 0.5) is 5.69 Å². The van der Waals surface area contributed by atoms with Crippen LogP contribution in [0.1, 0.15) is 5.56 Å². The predicted octanol–water partition coefficient (Wildman–Crippen LogP) is 1.72. The molecule has 17 heavy (non-hydrogen) atoms. The molecule has 0 aliphatic rings. The van der Waals surface area contributed by atoms with E-state index in [0.717, 1.165) is 0 Å². The second kappa shape index (κ2) is 5.58. The predicted molar refractivity (Wildman–Crippen MR) is 77.0 cm³/mol. The summed E-state index contributed by atoms with van der Waals surface area (Å²) >= 11 is -0.225. The van der Waals surface area contributed by atoms with Crippen LogP contribution in [-0.4, -0.2) is 35.0 Å². The summed E-state index contributed by atoms with van der Waals surface area (Å²) in [4.78, 5) is 2.14. The molecule has 0 radical (unpaired) electrons. The van der Waals surface area contributed by atoms with Crippen LogP contribution >= 0.6 is 0 Å². The van der Waals surface area contributed by atoms with Gasteiger partial charge in [-0.2, -0.15) is 0 Å². The van der Waals surface area contributed by atoms with Gasteiger partial charge in [0, 0.05) is 0 Å². The van der Waals surface area contributed by atoms with Gasteiger partial charge in [-0.05, 0) is 0 Å². The third-order valence-corrected chi connectivity index (χ3v) is 5.51. The zero-order chi connectivity index (χ0) is 12.3. The van der Waals surface area contributed by atoms with Crippen molar-refractivity contribution >= 4 is 33.8 Å². The number of hydrogen-bond donors (Lipinski definition) is 0. The molecule has 2 rings (SSSR count). The van der Waals surface area contributed by atoms with Gasteiger partial charge in [-0.1, -0.05) is 0 Å². The average Bonchev–Trinajstić information content (AvgIpc) is 2.33. The molecule has 0 aromatic heterocycles. The van der Waals surface area contributed by atoms with Crippen molar-refractivity contribution < 1.29 is 0 Å². The minimum atomic E-state index is -0.225. The summed E-state index contributed by atoms with van der Waals surface area (Å²) in [7, 11) is 4.15. The quantitative estimate of drug-likeness (QED) is 0.770. The molecule has 0 fully saturated rings. The Hall–Kier alpha value is -0.970. The fraction of sp³-hybridized carbons (Fsp3) is 0.200. The zero-order valence-corrected chi connectivity index (χ0v) is 12.8. The molecule has 0 heterocycles. The van der Waals surface area contributed by atoms with Crippen LogP contribution in [0, 0.1) is 6.92 Å². The van der Waals surface area contributed by atoms with Gasteiger partial charge in [0.15, 0.2) is 0 Å². The molecule has 0 N–H and O–H groups in total. The van der Waals surface area contributed by atoms with Crippen molar-refractivity contribution in [1.82, 2.24) is 0 Å². The van der Waals surface area contributed by atoms with Crippen molar-refractivity contribution in [2.75, 3.05) is 19.0 Å². The van der Waals surface area contributed by atoms with Gasteiger partial charge in [0.1, 0.15) is 0 Å². The van der Waals surface area contributed by atoms with Crippen LogP contribution in [0.25, 0.3) is 0 Å². The van der Waals surface area contributed by atoms with Crippen LogP contribution < -0.4 is 12.1 Å². The second-order valence-electron chi connectivity index (χ2n) is 4.30. The van der Waals surface area contributed by atoms with Crippen LogP contribution in [0.15, 0.2) is 48.5 Å². The second-order valence-corrected chi connectivity index (χ2v) is 7.58. The van der Waals surface area contributed by atoms with E-state index in [1.807, 2.05) is 0 Å². The molecule has 2 heteroatoms. The number of rotatable bonds is 3. The van der Waals surface area contributed by atoms with Crippen LogP contribution in [-0.2, 0) is 0 Å². The van der Waals surface area contributed by atoms with Crippen molar-refractivity contribution in [3.63, 3.8) is 0 Å². The molecule has 0 saturated heterocycles. The number of benzene rings is 2. The summed E-state index contributed by atoms with van der Waals surface area (Å²) < 4.78 is 2.99. The molecule has 88 valence electrons. The summed E-state index contributed by atoms with van der Waals surface area (Å²) in [5.41, 5.74) is 2.61. The SMILES string of the molecule is Cc1ccc([Te]c2ccc(N(C)C)cc2)cc1. The van der Waals surface area contributed by atoms with E-state index >= 15 is 0 Å². The fourth-order valence-electron chi connectivity index (χ4n) is 1.55. The van der Waals surface area contributed by atoms with Gasteiger partial charge < -0.3 is 0 Å². The average molecular weight is 339 g/mol. The fourth-order valence-corrected chi connectivity index (χ4v) is 3.89. The third kappa shape index (κ3) is 3.49. The van der Waals surface area contributed by atoms with Gasteiger partial charge in [-0.3, -0.25) is 0 Å². The molecule has 2 aromatic carbocycles. The van der Waals surface area contributed by atoms with E-state index < -0.39 is 0 Å². The van der Waals surface area contributed by atoms with E-state index in [1.54, 1.807) is 0 Å². The summed E-state index contributed by atoms with van der Waals surface area (Å²) in [6, 6.07) is 17.9. The van der Waals surface area contributed by atoms with Crippen molar-refractivity contribution in [3.05, 3.63) is 54.1 Å². The van der Waals surface area contributed by atoms with Crippen molar-refractivity contribution in [2.45, 2.75) is 6.92 Å². The molecular formula is C15H17NTe. The van der Waals surface area contributed by atoms with Crippen LogP contribution in [0.5, 0.6) is 0 Å². The number of aryl methyl sites for hydroxylation is 1. The molecule has 0 unspecified atom stereocenters. The van der Waals surface area contributed by atoms with Crippen molar-refractivity contribution in [2.24, 2.45) is 0 Å². The molecule has 0 saturated carbocycles. The normalized spacial score (nSPS) is 10.3. The maximum atomic E-state index is 2.26. The molecular weight excluding hydrogens is 322 g/mol. The maximum absolute atomic E-state index is 2.26. The first-order chi connectivity index (χ1) is 8.15. The Morgan fingerprint density at radius 1 is 0.765 bits per heavy atom. The van der Waals surface area contributed by atoms with E-state index in [9.17, 15) is 0 Å². The standard InChI is InChI=1S/C15H17NTe/c1-12-4-8-14(9-5-12)17-15-10-6-13(7-11-15)16(2)3/h4-11H,1-3H3. The van der Waals surface area contributed by atoms with Gasteiger partial charge in [-0.15, -0.1) is 0 Å². The summed E-state index contributed by atoms with van der Waals surface area (Å²) in [6.07, 6.45) is 0. The Kier molecular flexibility index (Phi) is 4.10. The Labute approximate surface area is 114 Å². The van der Waals surface area contributed by atoms with Gasteiger partial charge >= 0.3 is 114 Å². The molecule has 0 spiro atoms. The molecule has 1 nitrogen and oxygen atoms in total. The Bertz CT molecular complexity index is 471. The molecule has 0 amide bonds. The monoisotopic (exact) mass is 341 g/mol. The molecule has 0 bridgehead atoms. The van der Waals surface area contributed by atoms with E-state index in [4.69, 9.17) is 0 Å². The van der Waals surface area contributed by atoms with Crippen molar-refractivity contribution in [3.8, 4) is 0 Å². The number of anilines is 1. The van der Waals surface area contributed by atoms with E-state index in [2.05, 4.69) is 74.4 Å². The minimum absolute atomic E-state index is 0.225. The first-order valence-electron chi connectivity index (χ1n) is 5.67. The summed E-state index contributed by atoms with van der Waals surface area (Å²) in [6.45, 7) is 2.14. The first kappa shape index (κ1) is 12.5. The Morgan fingerprint density at radius 3 is 1.71 bits per heavy atom. The third-order valence-electron chi connectivity index (χ3n) is 2.61. The van der Waals surface area contributed by atoms with Crippen LogP contribution in [0.2, 0.25) is 0 Å². The van der Waals surface area contributed by atoms with Gasteiger partial charge in [0.25, 0.3) is 0 Å². The summed E-state index contributed by atoms with van der Waals surface area (Å²) in [5.74, 6) is 0. The topological polar surface area (TPSA) is 3.24 Å². The van der Waals surface area contributed by atoms with Gasteiger partial charge in [0.2, 0.25) is 0 Å². The van der Waals surface area contributed by atoms with E-state index in [-0.39, 0.29) is 20.9 Å². The van der Waals surface area contributed by atoms with Gasteiger partial charge in [0.05, 0.1) is 0 Å². The Morgan fingerprint density at radius 2 is 1.24 bits per heavy atom. The van der Waals surface area contributed by atoms with E-state index in [1.165, 1.54) is 18.5 Å². The first-order valence-corrected chi connectivity index (χ1v) is 8.00. The van der Waals surface area contributed by atoms with E-state index in [0.29, 0.717) is 0 Å². The molecule has 2 aromatic rings. The summed E-state index contributed by atoms with van der Waals surface area (Å²) in [5, 5.41) is 0. The molecule has 0 aliphatic heterocycles.